The maximum Gasteiger partial charge on any atom is 0.307 e. The van der Waals surface area contributed by atoms with Crippen LogP contribution in [0, 0.1) is 23.1 Å². The van der Waals surface area contributed by atoms with Crippen molar-refractivity contribution in [3.63, 3.8) is 0 Å². The van der Waals surface area contributed by atoms with E-state index in [0.717, 1.165) is 5.56 Å². The van der Waals surface area contributed by atoms with Gasteiger partial charge in [-0.2, -0.15) is 0 Å². The molecule has 1 aliphatic rings. The Labute approximate surface area is 141 Å². The van der Waals surface area contributed by atoms with Gasteiger partial charge in [0.2, 0.25) is 11.0 Å². The molecule has 1 aliphatic carbocycles. The van der Waals surface area contributed by atoms with Gasteiger partial charge in [0.05, 0.1) is 11.8 Å². The van der Waals surface area contributed by atoms with Crippen LogP contribution in [0.1, 0.15) is 24.4 Å². The van der Waals surface area contributed by atoms with E-state index in [1.165, 1.54) is 23.5 Å². The average molecular weight is 349 g/mol. The quantitative estimate of drug-likeness (QED) is 0.865. The predicted molar refractivity (Wildman–Crippen MR) is 86.1 cm³/mol. The first-order chi connectivity index (χ1) is 11.3. The molecule has 0 spiro atoms. The van der Waals surface area contributed by atoms with Crippen molar-refractivity contribution in [2.75, 3.05) is 5.32 Å². The highest BCUT2D eigenvalue weighted by Gasteiger charge is 2.66. The van der Waals surface area contributed by atoms with Crippen molar-refractivity contribution < 1.29 is 19.1 Å². The highest BCUT2D eigenvalue weighted by molar-refractivity contribution is 7.15. The highest BCUT2D eigenvalue weighted by atomic mass is 32.1. The largest absolute Gasteiger partial charge is 0.481 e. The molecule has 1 saturated carbocycles. The minimum atomic E-state index is -0.964. The second-order valence-corrected chi connectivity index (χ2v) is 7.47. The molecule has 8 heteroatoms. The average Bonchev–Trinajstić information content (AvgIpc) is 2.85. The molecular weight excluding hydrogens is 333 g/mol. The first kappa shape index (κ1) is 16.5. The monoisotopic (exact) mass is 349 g/mol. The van der Waals surface area contributed by atoms with Crippen LogP contribution in [0.4, 0.5) is 9.52 Å². The molecular formula is C16H16FN3O3S. The Balaban J connectivity index is 1.63. The number of benzene rings is 1. The molecule has 1 aromatic carbocycles. The van der Waals surface area contributed by atoms with Crippen molar-refractivity contribution >= 4 is 28.3 Å². The zero-order valence-electron chi connectivity index (χ0n) is 13.1. The van der Waals surface area contributed by atoms with Crippen LogP contribution >= 0.6 is 11.3 Å². The summed E-state index contributed by atoms with van der Waals surface area (Å²) in [5.74, 6) is -2.86. The number of nitrogens with one attached hydrogen (secondary N) is 1. The Kier molecular flexibility index (Phi) is 4.08. The molecule has 24 heavy (non-hydrogen) atoms. The summed E-state index contributed by atoms with van der Waals surface area (Å²) < 4.78 is 12.9. The number of carbonyl (C=O) groups is 2. The fraction of sp³-hybridized carbons (Fsp3) is 0.375. The fourth-order valence-electron chi connectivity index (χ4n) is 2.92. The second-order valence-electron chi connectivity index (χ2n) is 6.41. The van der Waals surface area contributed by atoms with E-state index in [0.29, 0.717) is 16.6 Å². The Morgan fingerprint density at radius 1 is 1.25 bits per heavy atom. The van der Waals surface area contributed by atoms with Crippen molar-refractivity contribution in [1.82, 2.24) is 10.2 Å². The van der Waals surface area contributed by atoms with Gasteiger partial charge < -0.3 is 10.4 Å². The molecule has 1 aromatic heterocycles. The number of rotatable bonds is 5. The van der Waals surface area contributed by atoms with Crippen molar-refractivity contribution in [1.29, 1.82) is 0 Å². The van der Waals surface area contributed by atoms with Crippen LogP contribution in [0.15, 0.2) is 24.3 Å². The number of anilines is 1. The van der Waals surface area contributed by atoms with Crippen LogP contribution in [0.25, 0.3) is 0 Å². The van der Waals surface area contributed by atoms with E-state index in [1.807, 2.05) is 0 Å². The zero-order valence-corrected chi connectivity index (χ0v) is 13.9. The first-order valence-corrected chi connectivity index (χ1v) is 8.21. The second kappa shape index (κ2) is 5.94. The minimum absolute atomic E-state index is 0.302. The summed E-state index contributed by atoms with van der Waals surface area (Å²) in [7, 11) is 0. The third kappa shape index (κ3) is 3.14. The number of aromatic nitrogens is 2. The van der Waals surface area contributed by atoms with Crippen LogP contribution in [0.2, 0.25) is 0 Å². The van der Waals surface area contributed by atoms with Gasteiger partial charge in [0.15, 0.2) is 0 Å². The number of hydrogen-bond acceptors (Lipinski definition) is 5. The zero-order chi connectivity index (χ0) is 17.5. The van der Waals surface area contributed by atoms with Crippen molar-refractivity contribution in [2.45, 2.75) is 20.3 Å². The molecule has 0 aliphatic heterocycles. The van der Waals surface area contributed by atoms with Crippen molar-refractivity contribution in [2.24, 2.45) is 17.3 Å². The Morgan fingerprint density at radius 2 is 1.92 bits per heavy atom. The van der Waals surface area contributed by atoms with E-state index in [9.17, 15) is 14.0 Å². The molecule has 2 aromatic rings. The highest BCUT2D eigenvalue weighted by Crippen LogP contribution is 2.58. The molecule has 6 nitrogen and oxygen atoms in total. The van der Waals surface area contributed by atoms with E-state index in [4.69, 9.17) is 5.11 Å². The van der Waals surface area contributed by atoms with Crippen LogP contribution in [0.3, 0.4) is 0 Å². The summed E-state index contributed by atoms with van der Waals surface area (Å²) in [4.78, 5) is 23.4. The van der Waals surface area contributed by atoms with Gasteiger partial charge in [-0.3, -0.25) is 9.59 Å². The summed E-state index contributed by atoms with van der Waals surface area (Å²) >= 11 is 1.22. The molecule has 1 amide bonds. The first-order valence-electron chi connectivity index (χ1n) is 7.39. The van der Waals surface area contributed by atoms with Gasteiger partial charge in [0, 0.05) is 6.42 Å². The van der Waals surface area contributed by atoms with E-state index in [1.54, 1.807) is 26.0 Å². The number of carboxylic acid groups (broad SMARTS) is 1. The number of nitrogens with zero attached hydrogens (tertiary/aromatic N) is 2. The number of carboxylic acids is 1. The standard InChI is InChI=1S/C16H16FN3O3S/c1-16(2)11(12(16)14(22)23)13(21)18-15-20-19-10(24-15)7-8-3-5-9(17)6-4-8/h3-6,11-12H,7H2,1-2H3,(H,22,23)(H,18,20,21)/t11-,12+/m0/s1. The molecule has 0 unspecified atom stereocenters. The van der Waals surface area contributed by atoms with Crippen LogP contribution in [-0.4, -0.2) is 27.2 Å². The molecule has 3 rings (SSSR count). The molecule has 126 valence electrons. The summed E-state index contributed by atoms with van der Waals surface area (Å²) in [6, 6.07) is 6.08. The van der Waals surface area contributed by atoms with Gasteiger partial charge >= 0.3 is 5.97 Å². The molecule has 0 radical (unpaired) electrons. The molecule has 0 saturated heterocycles. The third-order valence-electron chi connectivity index (χ3n) is 4.34. The lowest BCUT2D eigenvalue weighted by atomic mass is 10.1. The lowest BCUT2D eigenvalue weighted by molar-refractivity contribution is -0.140. The minimum Gasteiger partial charge on any atom is -0.481 e. The maximum absolute atomic E-state index is 12.9. The predicted octanol–water partition coefficient (Wildman–Crippen LogP) is 2.56. The van der Waals surface area contributed by atoms with Crippen LogP contribution in [0.5, 0.6) is 0 Å². The summed E-state index contributed by atoms with van der Waals surface area (Å²) in [5, 5.41) is 20.7. The summed E-state index contributed by atoms with van der Waals surface area (Å²) in [5.41, 5.74) is 0.331. The van der Waals surface area contributed by atoms with Gasteiger partial charge in [-0.05, 0) is 23.1 Å². The lowest BCUT2D eigenvalue weighted by Crippen LogP contribution is -2.17. The Hall–Kier alpha value is -2.35. The normalized spacial score (nSPS) is 21.3. The van der Waals surface area contributed by atoms with Gasteiger partial charge in [-0.1, -0.05) is 37.3 Å². The van der Waals surface area contributed by atoms with Gasteiger partial charge in [-0.25, -0.2) is 4.39 Å². The number of hydrogen-bond donors (Lipinski definition) is 2. The van der Waals surface area contributed by atoms with Gasteiger partial charge in [0.1, 0.15) is 10.8 Å². The molecule has 1 fully saturated rings. The van der Waals surface area contributed by atoms with Crippen LogP contribution in [-0.2, 0) is 16.0 Å². The van der Waals surface area contributed by atoms with Crippen LogP contribution < -0.4 is 5.32 Å². The Morgan fingerprint density at radius 3 is 2.50 bits per heavy atom. The Bertz CT molecular complexity index is 788. The number of carbonyl (C=O) groups excluding carboxylic acids is 1. The molecule has 1 heterocycles. The van der Waals surface area contributed by atoms with E-state index in [2.05, 4.69) is 15.5 Å². The topological polar surface area (TPSA) is 92.2 Å². The molecule has 2 atom stereocenters. The summed E-state index contributed by atoms with van der Waals surface area (Å²) in [6.07, 6.45) is 0.487. The fourth-order valence-corrected chi connectivity index (χ4v) is 3.70. The van der Waals surface area contributed by atoms with Gasteiger partial charge in [-0.15, -0.1) is 10.2 Å². The number of aliphatic carboxylic acids is 1. The number of amides is 1. The van der Waals surface area contributed by atoms with E-state index >= 15 is 0 Å². The lowest BCUT2D eigenvalue weighted by Gasteiger charge is -2.01. The third-order valence-corrected chi connectivity index (χ3v) is 5.18. The van der Waals surface area contributed by atoms with E-state index in [-0.39, 0.29) is 11.7 Å². The van der Waals surface area contributed by atoms with E-state index < -0.39 is 23.2 Å². The van der Waals surface area contributed by atoms with Crippen molar-refractivity contribution in [3.8, 4) is 0 Å². The number of halogens is 1. The smallest absolute Gasteiger partial charge is 0.307 e. The summed E-state index contributed by atoms with van der Waals surface area (Å²) in [6.45, 7) is 3.52. The van der Waals surface area contributed by atoms with Crippen molar-refractivity contribution in [3.05, 3.63) is 40.7 Å². The SMILES string of the molecule is CC1(C)[C@H](C(=O)Nc2nnc(Cc3ccc(F)cc3)s2)[C@@H]1C(=O)O. The van der Waals surface area contributed by atoms with Gasteiger partial charge in [0.25, 0.3) is 0 Å². The molecule has 2 N–H and O–H groups in total. The molecule has 0 bridgehead atoms. The maximum atomic E-state index is 12.9.